The summed E-state index contributed by atoms with van der Waals surface area (Å²) in [6.07, 6.45) is 4.75. The van der Waals surface area contributed by atoms with Gasteiger partial charge in [-0.1, -0.05) is 26.0 Å². The van der Waals surface area contributed by atoms with Gasteiger partial charge in [0.1, 0.15) is 12.0 Å². The van der Waals surface area contributed by atoms with Crippen LogP contribution >= 0.6 is 0 Å². The van der Waals surface area contributed by atoms with E-state index in [9.17, 15) is 0 Å². The zero-order chi connectivity index (χ0) is 16.0. The lowest BCUT2D eigenvalue weighted by atomic mass is 9.85. The molecule has 116 valence electrons. The molecule has 0 saturated carbocycles. The molecule has 0 unspecified atom stereocenters. The summed E-state index contributed by atoms with van der Waals surface area (Å²) in [5.41, 5.74) is -0.0395. The van der Waals surface area contributed by atoms with Crippen LogP contribution in [0.25, 0.3) is 0 Å². The maximum absolute atomic E-state index is 4.79. The first kappa shape index (κ1) is 14.9. The van der Waals surface area contributed by atoms with Crippen molar-refractivity contribution < 1.29 is 0 Å². The lowest BCUT2D eigenvalue weighted by Crippen LogP contribution is -2.32. The van der Waals surface area contributed by atoms with Gasteiger partial charge in [0.25, 0.3) is 0 Å². The normalized spacial score (nSPS) is 15.3. The van der Waals surface area contributed by atoms with E-state index in [-0.39, 0.29) is 17.1 Å². The highest BCUT2D eigenvalue weighted by molar-refractivity contribution is 5.08. The third-order valence-electron chi connectivity index (χ3n) is 4.16. The Morgan fingerprint density at radius 2 is 1.59 bits per heavy atom. The number of benzene rings is 1. The summed E-state index contributed by atoms with van der Waals surface area (Å²) in [7, 11) is 0. The quantitative estimate of drug-likeness (QED) is 0.858. The number of para-hydroxylation sites is 2. The van der Waals surface area contributed by atoms with Gasteiger partial charge in [-0.2, -0.15) is 0 Å². The van der Waals surface area contributed by atoms with Crippen molar-refractivity contribution in [3.05, 3.63) is 53.2 Å². The Morgan fingerprint density at radius 3 is 2.14 bits per heavy atom. The molecule has 0 N–H and O–H groups in total. The number of rotatable bonds is 3. The molecule has 1 aromatic heterocycles. The van der Waals surface area contributed by atoms with Crippen molar-refractivity contribution in [3.8, 4) is 0 Å². The third-order valence-corrected chi connectivity index (χ3v) is 4.16. The highest BCUT2D eigenvalue weighted by Gasteiger charge is 2.33. The van der Waals surface area contributed by atoms with Gasteiger partial charge in [-0.25, -0.2) is 4.98 Å². The van der Waals surface area contributed by atoms with Crippen molar-refractivity contribution in [1.82, 2.24) is 9.55 Å². The topological polar surface area (TPSA) is 42.5 Å². The molecule has 0 saturated heterocycles. The molecule has 0 fully saturated rings. The minimum atomic E-state index is -0.0760. The first-order chi connectivity index (χ1) is 10.3. The van der Waals surface area contributed by atoms with Crippen LogP contribution in [0.3, 0.4) is 0 Å². The van der Waals surface area contributed by atoms with E-state index < -0.39 is 0 Å². The Labute approximate surface area is 131 Å². The van der Waals surface area contributed by atoms with E-state index in [1.54, 1.807) is 0 Å². The number of hydrogen-bond donors (Lipinski definition) is 0. The van der Waals surface area contributed by atoms with Crippen molar-refractivity contribution in [2.24, 2.45) is 15.4 Å². The summed E-state index contributed by atoms with van der Waals surface area (Å²) in [6, 6.07) is 8.09. The van der Waals surface area contributed by atoms with E-state index in [0.29, 0.717) is 0 Å². The molecule has 1 aliphatic heterocycles. The highest BCUT2D eigenvalue weighted by Crippen LogP contribution is 2.30. The maximum atomic E-state index is 4.79. The van der Waals surface area contributed by atoms with Crippen molar-refractivity contribution in [2.75, 3.05) is 0 Å². The average molecular weight is 296 g/mol. The lowest BCUT2D eigenvalue weighted by Gasteiger charge is -2.30. The van der Waals surface area contributed by atoms with Crippen molar-refractivity contribution in [3.63, 3.8) is 0 Å². The van der Waals surface area contributed by atoms with E-state index in [4.69, 9.17) is 9.98 Å². The van der Waals surface area contributed by atoms with Gasteiger partial charge in [0.05, 0.1) is 10.7 Å². The molecule has 0 spiro atoms. The van der Waals surface area contributed by atoms with Crippen LogP contribution in [-0.4, -0.2) is 15.7 Å². The van der Waals surface area contributed by atoms with Crippen LogP contribution < -0.4 is 10.7 Å². The zero-order valence-corrected chi connectivity index (χ0v) is 14.0. The Hall–Kier alpha value is -1.97. The monoisotopic (exact) mass is 296 g/mol. The number of hydrogen-bond acceptors (Lipinski definition) is 3. The van der Waals surface area contributed by atoms with E-state index in [2.05, 4.69) is 50.4 Å². The van der Waals surface area contributed by atoms with Crippen LogP contribution in [0, 0.1) is 5.41 Å². The molecule has 1 aliphatic rings. The van der Waals surface area contributed by atoms with Gasteiger partial charge >= 0.3 is 0 Å². The van der Waals surface area contributed by atoms with Gasteiger partial charge in [-0.05, 0) is 32.9 Å². The summed E-state index contributed by atoms with van der Waals surface area (Å²) < 4.78 is 2.25. The number of fused-ring (bicyclic) bond motifs is 1. The fraction of sp³-hybridized carbons (Fsp3) is 0.500. The number of imidazole rings is 1. The second-order valence-corrected chi connectivity index (χ2v) is 7.67. The smallest absolute Gasteiger partial charge is 0.146 e. The van der Waals surface area contributed by atoms with Gasteiger partial charge in [0, 0.05) is 29.8 Å². The zero-order valence-electron chi connectivity index (χ0n) is 14.0. The Balaban J connectivity index is 1.90. The van der Waals surface area contributed by atoms with Crippen molar-refractivity contribution >= 4 is 0 Å². The van der Waals surface area contributed by atoms with Crippen molar-refractivity contribution in [2.45, 2.75) is 52.7 Å². The average Bonchev–Trinajstić information content (AvgIpc) is 3.03. The van der Waals surface area contributed by atoms with Crippen LogP contribution in [0.5, 0.6) is 0 Å². The minimum absolute atomic E-state index is 0.0365. The first-order valence-corrected chi connectivity index (χ1v) is 7.81. The third kappa shape index (κ3) is 2.70. The van der Waals surface area contributed by atoms with Crippen LogP contribution in [0.15, 0.2) is 46.6 Å². The largest absolute Gasteiger partial charge is 0.330 e. The Morgan fingerprint density at radius 1 is 1.00 bits per heavy atom. The predicted octanol–water partition coefficient (Wildman–Crippen LogP) is 2.49. The Bertz CT molecular complexity index is 758. The molecule has 0 atom stereocenters. The maximum Gasteiger partial charge on any atom is 0.146 e. The molecule has 1 aromatic carbocycles. The molecule has 2 heterocycles. The SMILES string of the molecule is CC(C)(Cc1nccn1C(C)(C)C)C1N=c2ccccc2=N1. The second-order valence-electron chi connectivity index (χ2n) is 7.67. The summed E-state index contributed by atoms with van der Waals surface area (Å²) in [5, 5.41) is 2.00. The molecule has 2 aromatic rings. The van der Waals surface area contributed by atoms with Gasteiger partial charge in [0.2, 0.25) is 0 Å². The fourth-order valence-corrected chi connectivity index (χ4v) is 2.90. The number of aromatic nitrogens is 2. The first-order valence-electron chi connectivity index (χ1n) is 7.81. The van der Waals surface area contributed by atoms with E-state index in [1.165, 1.54) is 0 Å². The van der Waals surface area contributed by atoms with Gasteiger partial charge in [0.15, 0.2) is 0 Å². The Kier molecular flexibility index (Phi) is 3.42. The van der Waals surface area contributed by atoms with E-state index in [0.717, 1.165) is 23.0 Å². The van der Waals surface area contributed by atoms with Gasteiger partial charge in [-0.3, -0.25) is 9.98 Å². The second kappa shape index (κ2) is 5.04. The summed E-state index contributed by atoms with van der Waals surface area (Å²) in [6.45, 7) is 11.0. The van der Waals surface area contributed by atoms with Crippen LogP contribution in [-0.2, 0) is 12.0 Å². The molecule has 4 heteroatoms. The molecule has 4 nitrogen and oxygen atoms in total. The van der Waals surface area contributed by atoms with Crippen LogP contribution in [0.4, 0.5) is 0 Å². The number of nitrogens with zero attached hydrogens (tertiary/aromatic N) is 4. The molecule has 0 aliphatic carbocycles. The molecule has 3 rings (SSSR count). The highest BCUT2D eigenvalue weighted by atomic mass is 15.1. The van der Waals surface area contributed by atoms with Crippen LogP contribution in [0.1, 0.15) is 40.4 Å². The lowest BCUT2D eigenvalue weighted by molar-refractivity contribution is 0.270. The van der Waals surface area contributed by atoms with E-state index in [1.807, 2.05) is 30.5 Å². The molecule has 22 heavy (non-hydrogen) atoms. The summed E-state index contributed by atoms with van der Waals surface area (Å²) >= 11 is 0. The predicted molar refractivity (Wildman–Crippen MR) is 87.3 cm³/mol. The van der Waals surface area contributed by atoms with Crippen LogP contribution in [0.2, 0.25) is 0 Å². The molecule has 0 bridgehead atoms. The molecular weight excluding hydrogens is 272 g/mol. The molecule has 0 amide bonds. The van der Waals surface area contributed by atoms with Gasteiger partial charge < -0.3 is 4.57 Å². The molecule has 0 radical (unpaired) electrons. The minimum Gasteiger partial charge on any atom is -0.330 e. The molecular formula is C18H24N4. The fourth-order valence-electron chi connectivity index (χ4n) is 2.90. The van der Waals surface area contributed by atoms with E-state index >= 15 is 0 Å². The van der Waals surface area contributed by atoms with Crippen molar-refractivity contribution in [1.29, 1.82) is 0 Å². The standard InChI is InChI=1S/C18H24N4/c1-17(2,3)22-11-10-19-15(22)12-18(4,5)16-20-13-8-6-7-9-14(13)21-16/h6-11,16H,12H2,1-5H3. The van der Waals surface area contributed by atoms with Gasteiger partial charge in [-0.15, -0.1) is 0 Å². The summed E-state index contributed by atoms with van der Waals surface area (Å²) in [5.74, 6) is 1.10. The summed E-state index contributed by atoms with van der Waals surface area (Å²) in [4.78, 5) is 14.2.